The van der Waals surface area contributed by atoms with Crippen molar-refractivity contribution in [2.24, 2.45) is 0 Å². The van der Waals surface area contributed by atoms with Crippen molar-refractivity contribution in [3.05, 3.63) is 192 Å². The van der Waals surface area contributed by atoms with E-state index in [9.17, 15) is 0 Å². The number of anilines is 3. The van der Waals surface area contributed by atoms with E-state index in [1.54, 1.807) is 0 Å². The van der Waals surface area contributed by atoms with Gasteiger partial charge in [-0.25, -0.2) is 4.98 Å². The molecule has 224 valence electrons. The van der Waals surface area contributed by atoms with E-state index in [2.05, 4.69) is 183 Å². The minimum Gasteiger partial charge on any atom is -0.309 e. The van der Waals surface area contributed by atoms with Crippen molar-refractivity contribution < 1.29 is 0 Å². The molecular formula is C45H34N2. The fraction of sp³-hybridized carbons (Fsp3) is 0.0444. The lowest BCUT2D eigenvalue weighted by molar-refractivity contribution is 1.27. The van der Waals surface area contributed by atoms with Gasteiger partial charge in [0.15, 0.2) is 0 Å². The minimum absolute atomic E-state index is 0.952. The van der Waals surface area contributed by atoms with Crippen LogP contribution in [0.3, 0.4) is 0 Å². The number of fused-ring (bicyclic) bond motifs is 2. The van der Waals surface area contributed by atoms with Crippen molar-refractivity contribution in [2.75, 3.05) is 4.90 Å². The lowest BCUT2D eigenvalue weighted by atomic mass is 9.88. The number of rotatable bonds is 5. The van der Waals surface area contributed by atoms with Crippen LogP contribution in [-0.2, 0) is 0 Å². The average Bonchev–Trinajstić information content (AvgIpc) is 3.24. The molecule has 2 heteroatoms. The van der Waals surface area contributed by atoms with Crippen molar-refractivity contribution >= 4 is 28.2 Å². The first kappa shape index (κ1) is 28.5. The maximum Gasteiger partial charge on any atom is 0.0715 e. The van der Waals surface area contributed by atoms with Gasteiger partial charge in [0, 0.05) is 27.9 Å². The molecule has 2 nitrogen and oxygen atoms in total. The highest BCUT2D eigenvalue weighted by molar-refractivity contribution is 6.08. The highest BCUT2D eigenvalue weighted by Gasteiger charge is 2.27. The summed E-state index contributed by atoms with van der Waals surface area (Å²) >= 11 is 0. The minimum atomic E-state index is 0.952. The van der Waals surface area contributed by atoms with E-state index in [1.165, 1.54) is 50.3 Å². The molecule has 0 saturated carbocycles. The van der Waals surface area contributed by atoms with Crippen molar-refractivity contribution in [3.8, 4) is 33.6 Å². The van der Waals surface area contributed by atoms with E-state index < -0.39 is 0 Å². The topological polar surface area (TPSA) is 16.1 Å². The van der Waals surface area contributed by atoms with Crippen LogP contribution in [0.4, 0.5) is 17.1 Å². The number of nitrogens with zero attached hydrogens (tertiary/aromatic N) is 2. The lowest BCUT2D eigenvalue weighted by Crippen LogP contribution is -2.12. The van der Waals surface area contributed by atoms with Crippen molar-refractivity contribution in [3.63, 3.8) is 0 Å². The Bertz CT molecular complexity index is 2190. The zero-order chi connectivity index (χ0) is 31.7. The number of aryl methyl sites for hydroxylation is 1. The molecule has 6 aromatic carbocycles. The SMILES string of the molecule is CC1=C(c2ccccc2C)c2ccccc2N(c2ccc(-c3cc(-c4ccccc4)cc(-c4ccccc4)n3)cc2)c2ccccc21. The number of allylic oxidation sites excluding steroid dienone is 1. The molecule has 0 radical (unpaired) electrons. The van der Waals surface area contributed by atoms with Gasteiger partial charge in [0.05, 0.1) is 22.8 Å². The highest BCUT2D eigenvalue weighted by atomic mass is 15.1. The number of aromatic nitrogens is 1. The van der Waals surface area contributed by atoms with Crippen LogP contribution in [0, 0.1) is 6.92 Å². The van der Waals surface area contributed by atoms with Crippen molar-refractivity contribution in [1.82, 2.24) is 4.98 Å². The van der Waals surface area contributed by atoms with Crippen LogP contribution in [0.15, 0.2) is 170 Å². The zero-order valence-electron chi connectivity index (χ0n) is 26.6. The summed E-state index contributed by atoms with van der Waals surface area (Å²) in [4.78, 5) is 7.58. The molecule has 0 unspecified atom stereocenters. The zero-order valence-corrected chi connectivity index (χ0v) is 26.6. The van der Waals surface area contributed by atoms with E-state index in [0.717, 1.165) is 33.8 Å². The molecule has 0 N–H and O–H groups in total. The second-order valence-electron chi connectivity index (χ2n) is 12.1. The molecule has 2 heterocycles. The van der Waals surface area contributed by atoms with Gasteiger partial charge in [-0.05, 0) is 83.6 Å². The molecule has 0 aliphatic carbocycles. The summed E-state index contributed by atoms with van der Waals surface area (Å²) in [5.74, 6) is 0. The predicted octanol–water partition coefficient (Wildman–Crippen LogP) is 12.2. The molecule has 47 heavy (non-hydrogen) atoms. The van der Waals surface area contributed by atoms with Gasteiger partial charge in [0.25, 0.3) is 0 Å². The molecule has 8 rings (SSSR count). The standard InChI is InChI=1S/C45H34N2/c1-31-15-9-10-20-38(31)45-32(2)39-21-11-13-23-43(39)47(44-24-14-12-22-40(44)45)37-27-25-35(26-28-37)42-30-36(33-16-5-3-6-17-33)29-41(46-42)34-18-7-4-8-19-34/h3-30H,1-2H3. The van der Waals surface area contributed by atoms with Crippen LogP contribution in [0.2, 0.25) is 0 Å². The van der Waals surface area contributed by atoms with Crippen molar-refractivity contribution in [1.29, 1.82) is 0 Å². The number of para-hydroxylation sites is 2. The fourth-order valence-corrected chi connectivity index (χ4v) is 6.82. The Morgan fingerprint density at radius 2 is 0.894 bits per heavy atom. The summed E-state index contributed by atoms with van der Waals surface area (Å²) < 4.78 is 0. The summed E-state index contributed by atoms with van der Waals surface area (Å²) in [6.07, 6.45) is 0. The second kappa shape index (κ2) is 12.1. The summed E-state index contributed by atoms with van der Waals surface area (Å²) in [6, 6.07) is 60.5. The Morgan fingerprint density at radius 3 is 1.53 bits per heavy atom. The quantitative estimate of drug-likeness (QED) is 0.195. The highest BCUT2D eigenvalue weighted by Crippen LogP contribution is 2.49. The summed E-state index contributed by atoms with van der Waals surface area (Å²) in [6.45, 7) is 4.47. The first-order chi connectivity index (χ1) is 23.2. The maximum absolute atomic E-state index is 5.17. The Balaban J connectivity index is 1.27. The number of benzene rings is 6. The van der Waals surface area contributed by atoms with E-state index in [0.29, 0.717) is 0 Å². The van der Waals surface area contributed by atoms with E-state index in [1.807, 2.05) is 6.07 Å². The summed E-state index contributed by atoms with van der Waals surface area (Å²) in [5, 5.41) is 0. The van der Waals surface area contributed by atoms with Gasteiger partial charge in [-0.1, -0.05) is 133 Å². The Kier molecular flexibility index (Phi) is 7.32. The first-order valence-corrected chi connectivity index (χ1v) is 16.1. The van der Waals surface area contributed by atoms with Crippen molar-refractivity contribution in [2.45, 2.75) is 13.8 Å². The molecule has 0 fully saturated rings. The third-order valence-corrected chi connectivity index (χ3v) is 9.18. The van der Waals surface area contributed by atoms with E-state index in [-0.39, 0.29) is 0 Å². The summed E-state index contributed by atoms with van der Waals surface area (Å²) in [5.41, 5.74) is 17.4. The molecular weight excluding hydrogens is 569 g/mol. The van der Waals surface area contributed by atoms with Gasteiger partial charge in [0.2, 0.25) is 0 Å². The molecule has 7 aromatic rings. The van der Waals surface area contributed by atoms with Crippen LogP contribution in [-0.4, -0.2) is 4.98 Å². The molecule has 0 bridgehead atoms. The predicted molar refractivity (Wildman–Crippen MR) is 198 cm³/mol. The van der Waals surface area contributed by atoms with Gasteiger partial charge >= 0.3 is 0 Å². The van der Waals surface area contributed by atoms with Gasteiger partial charge in [0.1, 0.15) is 0 Å². The smallest absolute Gasteiger partial charge is 0.0715 e. The number of hydrogen-bond acceptors (Lipinski definition) is 2. The van der Waals surface area contributed by atoms with Crippen LogP contribution in [0.5, 0.6) is 0 Å². The lowest BCUT2D eigenvalue weighted by Gasteiger charge is -2.28. The van der Waals surface area contributed by atoms with Crippen LogP contribution < -0.4 is 4.90 Å². The second-order valence-corrected chi connectivity index (χ2v) is 12.1. The number of pyridine rings is 1. The maximum atomic E-state index is 5.17. The molecule has 0 spiro atoms. The molecule has 1 aromatic heterocycles. The molecule has 1 aliphatic rings. The van der Waals surface area contributed by atoms with Crippen LogP contribution >= 0.6 is 0 Å². The third-order valence-electron chi connectivity index (χ3n) is 9.18. The van der Waals surface area contributed by atoms with E-state index in [4.69, 9.17) is 4.98 Å². The van der Waals surface area contributed by atoms with Gasteiger partial charge in [-0.3, -0.25) is 0 Å². The molecule has 0 amide bonds. The molecule has 0 saturated heterocycles. The first-order valence-electron chi connectivity index (χ1n) is 16.1. The Labute approximate surface area is 277 Å². The van der Waals surface area contributed by atoms with Gasteiger partial charge in [-0.15, -0.1) is 0 Å². The summed E-state index contributed by atoms with van der Waals surface area (Å²) in [7, 11) is 0. The Morgan fingerprint density at radius 1 is 0.404 bits per heavy atom. The van der Waals surface area contributed by atoms with Gasteiger partial charge in [-0.2, -0.15) is 0 Å². The molecule has 0 atom stereocenters. The van der Waals surface area contributed by atoms with Gasteiger partial charge < -0.3 is 4.90 Å². The Hall–Kier alpha value is -5.99. The van der Waals surface area contributed by atoms with Crippen LogP contribution in [0.1, 0.15) is 29.2 Å². The number of hydrogen-bond donors (Lipinski definition) is 0. The van der Waals surface area contributed by atoms with E-state index >= 15 is 0 Å². The van der Waals surface area contributed by atoms with Crippen LogP contribution in [0.25, 0.3) is 44.8 Å². The third kappa shape index (κ3) is 5.24. The fourth-order valence-electron chi connectivity index (χ4n) is 6.82. The monoisotopic (exact) mass is 602 g/mol. The normalized spacial score (nSPS) is 12.3. The average molecular weight is 603 g/mol. The molecule has 1 aliphatic heterocycles. The largest absolute Gasteiger partial charge is 0.309 e.